The first-order valence-electron chi connectivity index (χ1n) is 9.20. The fourth-order valence-corrected chi connectivity index (χ4v) is 3.91. The molecule has 1 atom stereocenters. The number of carbonyl (C=O) groups is 1. The monoisotopic (exact) mass is 408 g/mol. The van der Waals surface area contributed by atoms with Crippen molar-refractivity contribution in [2.45, 2.75) is 38.8 Å². The topological polar surface area (TPSA) is 32.3 Å². The molecule has 1 N–H and O–H groups in total. The normalized spacial score (nSPS) is 16.1. The number of hydrogen-bond acceptors (Lipinski definition) is 2. The number of carbonyl (C=O) groups excluding carboxylic acids is 1. The van der Waals surface area contributed by atoms with Crippen LogP contribution in [0.2, 0.25) is 10.0 Å². The molecule has 2 aromatic rings. The molecule has 0 aliphatic carbocycles. The van der Waals surface area contributed by atoms with Crippen LogP contribution in [-0.2, 0) is 6.54 Å². The molecule has 3 nitrogen and oxygen atoms in total. The zero-order valence-electron chi connectivity index (χ0n) is 15.3. The third-order valence-electron chi connectivity index (χ3n) is 4.92. The van der Waals surface area contributed by atoms with E-state index in [2.05, 4.69) is 10.2 Å². The largest absolute Gasteiger partial charge is 0.345 e. The Bertz CT molecular complexity index is 805. The van der Waals surface area contributed by atoms with Crippen molar-refractivity contribution < 1.29 is 9.18 Å². The van der Waals surface area contributed by atoms with Gasteiger partial charge in [0.05, 0.1) is 11.1 Å². The molecule has 0 radical (unpaired) electrons. The molecule has 0 unspecified atom stereocenters. The number of halogens is 3. The number of rotatable bonds is 5. The van der Waals surface area contributed by atoms with Gasteiger partial charge >= 0.3 is 0 Å². The van der Waals surface area contributed by atoms with Gasteiger partial charge in [-0.05, 0) is 68.2 Å². The van der Waals surface area contributed by atoms with E-state index < -0.39 is 11.9 Å². The van der Waals surface area contributed by atoms with Crippen molar-refractivity contribution in [3.05, 3.63) is 69.0 Å². The number of hydrogen-bond donors (Lipinski definition) is 1. The minimum absolute atomic E-state index is 0.0356. The summed E-state index contributed by atoms with van der Waals surface area (Å²) >= 11 is 11.9. The van der Waals surface area contributed by atoms with E-state index in [0.717, 1.165) is 19.6 Å². The Hall–Kier alpha value is -1.62. The predicted octanol–water partition coefficient (Wildman–Crippen LogP) is 5.61. The average molecular weight is 409 g/mol. The summed E-state index contributed by atoms with van der Waals surface area (Å²) in [5, 5.41) is 3.15. The zero-order valence-corrected chi connectivity index (χ0v) is 16.8. The minimum atomic E-state index is -0.556. The van der Waals surface area contributed by atoms with Gasteiger partial charge in [-0.25, -0.2) is 4.39 Å². The molecule has 0 aromatic heterocycles. The zero-order chi connectivity index (χ0) is 19.4. The van der Waals surface area contributed by atoms with E-state index >= 15 is 0 Å². The van der Waals surface area contributed by atoms with Crippen molar-refractivity contribution in [2.24, 2.45) is 0 Å². The lowest BCUT2D eigenvalue weighted by atomic mass is 10.1. The van der Waals surface area contributed by atoms with Crippen molar-refractivity contribution >= 4 is 29.1 Å². The maximum absolute atomic E-state index is 13.7. The molecule has 1 heterocycles. The molecule has 1 amide bonds. The summed E-state index contributed by atoms with van der Waals surface area (Å²) in [7, 11) is 0. The van der Waals surface area contributed by atoms with Crippen LogP contribution in [0, 0.1) is 5.82 Å². The van der Waals surface area contributed by atoms with Gasteiger partial charge in [-0.15, -0.1) is 0 Å². The van der Waals surface area contributed by atoms with Crippen LogP contribution in [0.1, 0.15) is 53.7 Å². The molecule has 1 aliphatic heterocycles. The lowest BCUT2D eigenvalue weighted by molar-refractivity contribution is 0.0940. The Morgan fingerprint density at radius 2 is 1.78 bits per heavy atom. The molecule has 27 heavy (non-hydrogen) atoms. The summed E-state index contributed by atoms with van der Waals surface area (Å²) in [6.45, 7) is 4.95. The number of likely N-dealkylation sites (tertiary alicyclic amines) is 1. The summed E-state index contributed by atoms with van der Waals surface area (Å²) in [5.74, 6) is -0.780. The molecule has 1 saturated heterocycles. The summed E-state index contributed by atoms with van der Waals surface area (Å²) in [6, 6.07) is 9.80. The second kappa shape index (κ2) is 9.05. The van der Waals surface area contributed by atoms with Crippen molar-refractivity contribution in [1.82, 2.24) is 10.2 Å². The highest BCUT2D eigenvalue weighted by Crippen LogP contribution is 2.28. The maximum Gasteiger partial charge on any atom is 0.251 e. The number of benzene rings is 2. The van der Waals surface area contributed by atoms with Crippen molar-refractivity contribution in [3.8, 4) is 0 Å². The van der Waals surface area contributed by atoms with Crippen LogP contribution < -0.4 is 5.32 Å². The second-order valence-electron chi connectivity index (χ2n) is 7.02. The number of nitrogens with zero attached hydrogens (tertiary/aromatic N) is 1. The third kappa shape index (κ3) is 5.22. The van der Waals surface area contributed by atoms with Gasteiger partial charge in [-0.3, -0.25) is 9.69 Å². The van der Waals surface area contributed by atoms with Gasteiger partial charge in [0.15, 0.2) is 0 Å². The Balaban J connectivity index is 1.63. The van der Waals surface area contributed by atoms with Crippen LogP contribution in [-0.4, -0.2) is 23.9 Å². The molecule has 0 spiro atoms. The van der Waals surface area contributed by atoms with Gasteiger partial charge < -0.3 is 5.32 Å². The van der Waals surface area contributed by atoms with Gasteiger partial charge in [0.2, 0.25) is 0 Å². The summed E-state index contributed by atoms with van der Waals surface area (Å²) in [6.07, 6.45) is 3.83. The Morgan fingerprint density at radius 1 is 1.11 bits per heavy atom. The highest BCUT2D eigenvalue weighted by molar-refractivity contribution is 6.35. The van der Waals surface area contributed by atoms with E-state index in [1.54, 1.807) is 6.92 Å². The van der Waals surface area contributed by atoms with Crippen LogP contribution in [0.5, 0.6) is 0 Å². The maximum atomic E-state index is 13.7. The second-order valence-corrected chi connectivity index (χ2v) is 7.83. The standard InChI is InChI=1S/C21H23Cl2FN2O/c1-14(17-11-20(24)19(23)12-18(17)22)25-21(27)16-7-5-15(6-8-16)13-26-9-3-2-4-10-26/h5-8,11-12,14H,2-4,9-10,13H2,1H3,(H,25,27)/t14-/m0/s1. The highest BCUT2D eigenvalue weighted by Gasteiger charge is 2.17. The van der Waals surface area contributed by atoms with E-state index in [9.17, 15) is 9.18 Å². The molecule has 1 aliphatic rings. The molecule has 144 valence electrons. The van der Waals surface area contributed by atoms with Crippen LogP contribution in [0.15, 0.2) is 36.4 Å². The van der Waals surface area contributed by atoms with E-state index in [1.807, 2.05) is 24.3 Å². The van der Waals surface area contributed by atoms with Gasteiger partial charge in [0.1, 0.15) is 5.82 Å². The van der Waals surface area contributed by atoms with Gasteiger partial charge in [0, 0.05) is 17.1 Å². The van der Waals surface area contributed by atoms with Crippen LogP contribution >= 0.6 is 23.2 Å². The first-order valence-corrected chi connectivity index (χ1v) is 9.96. The van der Waals surface area contributed by atoms with Crippen molar-refractivity contribution in [3.63, 3.8) is 0 Å². The minimum Gasteiger partial charge on any atom is -0.345 e. The Labute approximate surface area is 169 Å². The first kappa shape index (κ1) is 20.1. The van der Waals surface area contributed by atoms with E-state index in [1.165, 1.54) is 37.0 Å². The molecule has 0 saturated carbocycles. The molecule has 2 aromatic carbocycles. The Kier molecular flexibility index (Phi) is 6.74. The molecule has 1 fully saturated rings. The summed E-state index contributed by atoms with van der Waals surface area (Å²) in [5.41, 5.74) is 2.26. The quantitative estimate of drug-likeness (QED) is 0.651. The number of amides is 1. The first-order chi connectivity index (χ1) is 12.9. The Morgan fingerprint density at radius 3 is 2.44 bits per heavy atom. The number of piperidine rings is 1. The molecule has 0 bridgehead atoms. The summed E-state index contributed by atoms with van der Waals surface area (Å²) in [4.78, 5) is 15.0. The average Bonchev–Trinajstić information content (AvgIpc) is 2.66. The lowest BCUT2D eigenvalue weighted by Gasteiger charge is -2.26. The fraction of sp³-hybridized carbons (Fsp3) is 0.381. The van der Waals surface area contributed by atoms with Crippen LogP contribution in [0.3, 0.4) is 0 Å². The fourth-order valence-electron chi connectivity index (χ4n) is 3.36. The molecular formula is C21H23Cl2FN2O. The van der Waals surface area contributed by atoms with E-state index in [0.29, 0.717) is 16.1 Å². The van der Waals surface area contributed by atoms with E-state index in [4.69, 9.17) is 23.2 Å². The molecule has 6 heteroatoms. The van der Waals surface area contributed by atoms with Crippen LogP contribution in [0.25, 0.3) is 0 Å². The highest BCUT2D eigenvalue weighted by atomic mass is 35.5. The molecule has 3 rings (SSSR count). The van der Waals surface area contributed by atoms with Gasteiger partial charge in [0.25, 0.3) is 5.91 Å². The SMILES string of the molecule is C[C@H](NC(=O)c1ccc(CN2CCCCC2)cc1)c1cc(F)c(Cl)cc1Cl. The van der Waals surface area contributed by atoms with Crippen molar-refractivity contribution in [1.29, 1.82) is 0 Å². The van der Waals surface area contributed by atoms with E-state index in [-0.39, 0.29) is 10.9 Å². The summed E-state index contributed by atoms with van der Waals surface area (Å²) < 4.78 is 13.7. The molecular weight excluding hydrogens is 386 g/mol. The van der Waals surface area contributed by atoms with Crippen LogP contribution in [0.4, 0.5) is 4.39 Å². The lowest BCUT2D eigenvalue weighted by Crippen LogP contribution is -2.29. The third-order valence-corrected chi connectivity index (χ3v) is 5.54. The van der Waals surface area contributed by atoms with Crippen molar-refractivity contribution in [2.75, 3.05) is 13.1 Å². The number of nitrogens with one attached hydrogen (secondary N) is 1. The smallest absolute Gasteiger partial charge is 0.251 e. The predicted molar refractivity (Wildman–Crippen MR) is 108 cm³/mol. The van der Waals surface area contributed by atoms with Gasteiger partial charge in [-0.2, -0.15) is 0 Å². The van der Waals surface area contributed by atoms with Gasteiger partial charge in [-0.1, -0.05) is 41.8 Å².